The SMILES string of the molecule is CCCOc1ccc(NC(C)c2ccc(Cl)cc2)cc1. The predicted octanol–water partition coefficient (Wildman–Crippen LogP) is 5.30. The quantitative estimate of drug-likeness (QED) is 0.779. The van der Waals surface area contributed by atoms with Crippen LogP contribution in [-0.4, -0.2) is 6.61 Å². The maximum atomic E-state index is 5.90. The third kappa shape index (κ3) is 4.17. The van der Waals surface area contributed by atoms with E-state index in [0.29, 0.717) is 0 Å². The molecule has 0 aromatic heterocycles. The first-order valence-corrected chi connectivity index (χ1v) is 7.31. The van der Waals surface area contributed by atoms with Crippen molar-refractivity contribution in [1.29, 1.82) is 0 Å². The topological polar surface area (TPSA) is 21.3 Å². The van der Waals surface area contributed by atoms with Crippen LogP contribution in [0.3, 0.4) is 0 Å². The van der Waals surface area contributed by atoms with Gasteiger partial charge in [0.05, 0.1) is 6.61 Å². The van der Waals surface area contributed by atoms with E-state index in [2.05, 4.69) is 19.2 Å². The van der Waals surface area contributed by atoms with E-state index in [0.717, 1.165) is 29.5 Å². The van der Waals surface area contributed by atoms with Crippen LogP contribution in [-0.2, 0) is 0 Å². The Labute approximate surface area is 125 Å². The first kappa shape index (κ1) is 14.7. The van der Waals surface area contributed by atoms with Crippen molar-refractivity contribution in [3.63, 3.8) is 0 Å². The van der Waals surface area contributed by atoms with Crippen LogP contribution in [0.15, 0.2) is 48.5 Å². The fourth-order valence-corrected chi connectivity index (χ4v) is 2.08. The molecule has 0 spiro atoms. The molecule has 0 bridgehead atoms. The van der Waals surface area contributed by atoms with Gasteiger partial charge in [0.25, 0.3) is 0 Å². The molecule has 1 atom stereocenters. The van der Waals surface area contributed by atoms with Crippen LogP contribution in [0, 0.1) is 0 Å². The van der Waals surface area contributed by atoms with Gasteiger partial charge in [-0.2, -0.15) is 0 Å². The Morgan fingerprint density at radius 2 is 1.70 bits per heavy atom. The molecule has 2 nitrogen and oxygen atoms in total. The molecule has 20 heavy (non-hydrogen) atoms. The molecule has 0 saturated carbocycles. The summed E-state index contributed by atoms with van der Waals surface area (Å²) in [5.41, 5.74) is 2.29. The molecule has 2 aromatic rings. The Hall–Kier alpha value is -1.67. The average Bonchev–Trinajstić information content (AvgIpc) is 2.47. The molecule has 1 unspecified atom stereocenters. The molecule has 1 N–H and O–H groups in total. The summed E-state index contributed by atoms with van der Waals surface area (Å²) in [6, 6.07) is 16.2. The number of benzene rings is 2. The molecule has 2 aromatic carbocycles. The lowest BCUT2D eigenvalue weighted by atomic mass is 10.1. The van der Waals surface area contributed by atoms with E-state index >= 15 is 0 Å². The number of hydrogen-bond donors (Lipinski definition) is 1. The summed E-state index contributed by atoms with van der Waals surface area (Å²) in [6.07, 6.45) is 1.02. The van der Waals surface area contributed by atoms with Gasteiger partial charge in [-0.1, -0.05) is 30.7 Å². The van der Waals surface area contributed by atoms with E-state index in [1.165, 1.54) is 5.56 Å². The van der Waals surface area contributed by atoms with E-state index in [-0.39, 0.29) is 6.04 Å². The number of nitrogens with one attached hydrogen (secondary N) is 1. The zero-order valence-electron chi connectivity index (χ0n) is 11.9. The lowest BCUT2D eigenvalue weighted by Crippen LogP contribution is -2.06. The molecule has 2 rings (SSSR count). The zero-order valence-corrected chi connectivity index (χ0v) is 12.7. The second-order valence-corrected chi connectivity index (χ2v) is 5.23. The maximum Gasteiger partial charge on any atom is 0.119 e. The fraction of sp³-hybridized carbons (Fsp3) is 0.294. The highest BCUT2D eigenvalue weighted by atomic mass is 35.5. The largest absolute Gasteiger partial charge is 0.494 e. The molecule has 106 valence electrons. The van der Waals surface area contributed by atoms with Gasteiger partial charge in [-0.3, -0.25) is 0 Å². The van der Waals surface area contributed by atoms with Crippen LogP contribution in [0.1, 0.15) is 31.9 Å². The van der Waals surface area contributed by atoms with Gasteiger partial charge in [0.2, 0.25) is 0 Å². The molecule has 0 heterocycles. The molecule has 3 heteroatoms. The highest BCUT2D eigenvalue weighted by Gasteiger charge is 2.05. The van der Waals surface area contributed by atoms with Crippen LogP contribution in [0.25, 0.3) is 0 Å². The smallest absolute Gasteiger partial charge is 0.119 e. The summed E-state index contributed by atoms with van der Waals surface area (Å²) < 4.78 is 5.57. The second-order valence-electron chi connectivity index (χ2n) is 4.79. The lowest BCUT2D eigenvalue weighted by molar-refractivity contribution is 0.317. The molecule has 0 aliphatic heterocycles. The standard InChI is InChI=1S/C17H20ClNO/c1-3-12-20-17-10-8-16(9-11-17)19-13(2)14-4-6-15(18)7-5-14/h4-11,13,19H,3,12H2,1-2H3. The predicted molar refractivity (Wildman–Crippen MR) is 85.7 cm³/mol. The maximum absolute atomic E-state index is 5.90. The monoisotopic (exact) mass is 289 g/mol. The Kier molecular flexibility index (Phi) is 5.31. The Balaban J connectivity index is 1.97. The zero-order chi connectivity index (χ0) is 14.4. The van der Waals surface area contributed by atoms with Crippen molar-refractivity contribution in [1.82, 2.24) is 0 Å². The van der Waals surface area contributed by atoms with Gasteiger partial charge in [0.1, 0.15) is 5.75 Å². The summed E-state index contributed by atoms with van der Waals surface area (Å²) in [4.78, 5) is 0. The van der Waals surface area contributed by atoms with Crippen molar-refractivity contribution in [2.75, 3.05) is 11.9 Å². The Morgan fingerprint density at radius 3 is 2.30 bits per heavy atom. The molecular weight excluding hydrogens is 270 g/mol. The molecule has 0 aliphatic rings. The first-order valence-electron chi connectivity index (χ1n) is 6.94. The molecule has 0 saturated heterocycles. The van der Waals surface area contributed by atoms with E-state index in [4.69, 9.17) is 16.3 Å². The van der Waals surface area contributed by atoms with Crippen LogP contribution >= 0.6 is 11.6 Å². The van der Waals surface area contributed by atoms with Gasteiger partial charge in [0, 0.05) is 16.8 Å². The minimum Gasteiger partial charge on any atom is -0.494 e. The van der Waals surface area contributed by atoms with E-state index < -0.39 is 0 Å². The lowest BCUT2D eigenvalue weighted by Gasteiger charge is -2.16. The minimum atomic E-state index is 0.231. The van der Waals surface area contributed by atoms with Crippen molar-refractivity contribution in [2.24, 2.45) is 0 Å². The third-order valence-electron chi connectivity index (χ3n) is 3.08. The van der Waals surface area contributed by atoms with Crippen molar-refractivity contribution >= 4 is 17.3 Å². The highest BCUT2D eigenvalue weighted by Crippen LogP contribution is 2.22. The van der Waals surface area contributed by atoms with E-state index in [1.54, 1.807) is 0 Å². The average molecular weight is 290 g/mol. The Bertz CT molecular complexity index is 522. The van der Waals surface area contributed by atoms with Gasteiger partial charge >= 0.3 is 0 Å². The number of hydrogen-bond acceptors (Lipinski definition) is 2. The van der Waals surface area contributed by atoms with Crippen LogP contribution in [0.5, 0.6) is 5.75 Å². The van der Waals surface area contributed by atoms with Crippen molar-refractivity contribution < 1.29 is 4.74 Å². The third-order valence-corrected chi connectivity index (χ3v) is 3.33. The summed E-state index contributed by atoms with van der Waals surface area (Å²) in [7, 11) is 0. The number of halogens is 1. The van der Waals surface area contributed by atoms with Gasteiger partial charge in [-0.15, -0.1) is 0 Å². The summed E-state index contributed by atoms with van der Waals surface area (Å²) >= 11 is 5.90. The van der Waals surface area contributed by atoms with Gasteiger partial charge in [0.15, 0.2) is 0 Å². The minimum absolute atomic E-state index is 0.231. The van der Waals surface area contributed by atoms with Crippen molar-refractivity contribution in [3.8, 4) is 5.75 Å². The van der Waals surface area contributed by atoms with Crippen molar-refractivity contribution in [3.05, 3.63) is 59.1 Å². The van der Waals surface area contributed by atoms with Gasteiger partial charge in [-0.05, 0) is 55.3 Å². The molecule has 0 fully saturated rings. The van der Waals surface area contributed by atoms with Crippen LogP contribution < -0.4 is 10.1 Å². The molecular formula is C17H20ClNO. The summed E-state index contributed by atoms with van der Waals surface area (Å²) in [5.74, 6) is 0.913. The summed E-state index contributed by atoms with van der Waals surface area (Å²) in [6.45, 7) is 4.99. The fourth-order valence-electron chi connectivity index (χ4n) is 1.95. The van der Waals surface area contributed by atoms with E-state index in [9.17, 15) is 0 Å². The molecule has 0 radical (unpaired) electrons. The van der Waals surface area contributed by atoms with Crippen LogP contribution in [0.4, 0.5) is 5.69 Å². The van der Waals surface area contributed by atoms with Crippen LogP contribution in [0.2, 0.25) is 5.02 Å². The highest BCUT2D eigenvalue weighted by molar-refractivity contribution is 6.30. The number of rotatable bonds is 6. The second kappa shape index (κ2) is 7.20. The normalized spacial score (nSPS) is 11.9. The van der Waals surface area contributed by atoms with Gasteiger partial charge in [-0.25, -0.2) is 0 Å². The number of ether oxygens (including phenoxy) is 1. The summed E-state index contributed by atoms with van der Waals surface area (Å²) in [5, 5.41) is 4.22. The first-order chi connectivity index (χ1) is 9.69. The van der Waals surface area contributed by atoms with Gasteiger partial charge < -0.3 is 10.1 Å². The number of anilines is 1. The van der Waals surface area contributed by atoms with E-state index in [1.807, 2.05) is 48.5 Å². The molecule has 0 aliphatic carbocycles. The van der Waals surface area contributed by atoms with Crippen molar-refractivity contribution in [2.45, 2.75) is 26.3 Å². The molecule has 0 amide bonds. The Morgan fingerprint density at radius 1 is 1.05 bits per heavy atom.